The van der Waals surface area contributed by atoms with Crippen molar-refractivity contribution < 1.29 is 9.59 Å². The van der Waals surface area contributed by atoms with Crippen LogP contribution in [0.4, 0.5) is 5.69 Å². The summed E-state index contributed by atoms with van der Waals surface area (Å²) in [5.74, 6) is -0.254. The first-order valence-electron chi connectivity index (χ1n) is 8.35. The van der Waals surface area contributed by atoms with E-state index >= 15 is 0 Å². The Kier molecular flexibility index (Phi) is 5.08. The van der Waals surface area contributed by atoms with E-state index in [0.29, 0.717) is 29.2 Å². The average Bonchev–Trinajstić information content (AvgIpc) is 3.34. The summed E-state index contributed by atoms with van der Waals surface area (Å²) < 4.78 is 1.72. The van der Waals surface area contributed by atoms with Gasteiger partial charge in [-0.05, 0) is 31.0 Å². The van der Waals surface area contributed by atoms with Crippen LogP contribution >= 0.6 is 11.6 Å². The first kappa shape index (κ1) is 17.5. The van der Waals surface area contributed by atoms with Gasteiger partial charge in [0.1, 0.15) is 0 Å². The molecule has 1 heterocycles. The summed E-state index contributed by atoms with van der Waals surface area (Å²) in [5.41, 5.74) is 1.90. The highest BCUT2D eigenvalue weighted by atomic mass is 35.5. The van der Waals surface area contributed by atoms with Gasteiger partial charge in [-0.2, -0.15) is 5.10 Å². The number of benzene rings is 1. The standard InChI is InChI=1S/C18H21ClN4O2/c1-3-17(24)21-16-8-13(19)4-7-15(16)18(25)23(14-5-6-14)11-12-9-20-22(2)10-12/h4,7-10,14H,3,5-6,11H2,1-2H3,(H,21,24). The molecule has 0 radical (unpaired) electrons. The van der Waals surface area contributed by atoms with Crippen LogP contribution in [0, 0.1) is 0 Å². The Balaban J connectivity index is 1.87. The fraction of sp³-hybridized carbons (Fsp3) is 0.389. The van der Waals surface area contributed by atoms with E-state index in [9.17, 15) is 9.59 Å². The number of aromatic nitrogens is 2. The van der Waals surface area contributed by atoms with Gasteiger partial charge in [0, 0.05) is 42.8 Å². The predicted molar refractivity (Wildman–Crippen MR) is 96.5 cm³/mol. The van der Waals surface area contributed by atoms with Crippen molar-refractivity contribution in [1.29, 1.82) is 0 Å². The molecule has 132 valence electrons. The molecule has 6 nitrogen and oxygen atoms in total. The number of carbonyl (C=O) groups is 2. The molecule has 1 aromatic heterocycles. The van der Waals surface area contributed by atoms with E-state index in [2.05, 4.69) is 10.4 Å². The number of nitrogens with zero attached hydrogens (tertiary/aromatic N) is 3. The van der Waals surface area contributed by atoms with Gasteiger partial charge in [0.15, 0.2) is 0 Å². The van der Waals surface area contributed by atoms with Gasteiger partial charge in [-0.15, -0.1) is 0 Å². The fourth-order valence-electron chi connectivity index (χ4n) is 2.70. The van der Waals surface area contributed by atoms with Crippen LogP contribution < -0.4 is 5.32 Å². The Labute approximate surface area is 151 Å². The molecule has 7 heteroatoms. The molecule has 2 amide bonds. The maximum absolute atomic E-state index is 13.1. The molecule has 0 unspecified atom stereocenters. The minimum Gasteiger partial charge on any atom is -0.331 e. The molecule has 25 heavy (non-hydrogen) atoms. The Bertz CT molecular complexity index is 798. The minimum atomic E-state index is -0.151. The van der Waals surface area contributed by atoms with E-state index in [0.717, 1.165) is 18.4 Å². The zero-order valence-electron chi connectivity index (χ0n) is 14.3. The lowest BCUT2D eigenvalue weighted by Crippen LogP contribution is -2.33. The van der Waals surface area contributed by atoms with Gasteiger partial charge in [0.25, 0.3) is 5.91 Å². The summed E-state index contributed by atoms with van der Waals surface area (Å²) >= 11 is 6.05. The van der Waals surface area contributed by atoms with E-state index < -0.39 is 0 Å². The second kappa shape index (κ2) is 7.27. The lowest BCUT2D eigenvalue weighted by Gasteiger charge is -2.23. The Morgan fingerprint density at radius 2 is 2.16 bits per heavy atom. The van der Waals surface area contributed by atoms with E-state index in [-0.39, 0.29) is 17.9 Å². The third kappa shape index (κ3) is 4.20. The van der Waals surface area contributed by atoms with E-state index in [1.807, 2.05) is 18.1 Å². The lowest BCUT2D eigenvalue weighted by molar-refractivity contribution is -0.115. The summed E-state index contributed by atoms with van der Waals surface area (Å²) in [6.45, 7) is 2.27. The molecule has 0 spiro atoms. The summed E-state index contributed by atoms with van der Waals surface area (Å²) in [6, 6.07) is 5.20. The van der Waals surface area contributed by atoms with Gasteiger partial charge in [-0.25, -0.2) is 0 Å². The van der Waals surface area contributed by atoms with Gasteiger partial charge in [0.05, 0.1) is 17.4 Å². The highest BCUT2D eigenvalue weighted by Crippen LogP contribution is 2.32. The van der Waals surface area contributed by atoms with Crippen molar-refractivity contribution in [3.05, 3.63) is 46.7 Å². The monoisotopic (exact) mass is 360 g/mol. The molecule has 1 aromatic carbocycles. The molecule has 0 bridgehead atoms. The second-order valence-electron chi connectivity index (χ2n) is 6.28. The summed E-state index contributed by atoms with van der Waals surface area (Å²) in [7, 11) is 1.85. The van der Waals surface area contributed by atoms with Gasteiger partial charge >= 0.3 is 0 Å². The molecule has 3 rings (SSSR count). The van der Waals surface area contributed by atoms with Gasteiger partial charge in [0.2, 0.25) is 5.91 Å². The quantitative estimate of drug-likeness (QED) is 0.860. The van der Waals surface area contributed by atoms with Crippen LogP contribution in [0.2, 0.25) is 5.02 Å². The molecular formula is C18H21ClN4O2. The molecule has 1 fully saturated rings. The molecule has 0 atom stereocenters. The number of halogens is 1. The van der Waals surface area contributed by atoms with Crippen molar-refractivity contribution in [3.8, 4) is 0 Å². The van der Waals surface area contributed by atoms with E-state index in [1.54, 1.807) is 36.0 Å². The van der Waals surface area contributed by atoms with Crippen molar-refractivity contribution in [1.82, 2.24) is 14.7 Å². The van der Waals surface area contributed by atoms with Gasteiger partial charge in [-0.3, -0.25) is 14.3 Å². The topological polar surface area (TPSA) is 67.2 Å². The summed E-state index contributed by atoms with van der Waals surface area (Å²) in [5, 5.41) is 7.42. The molecule has 0 aliphatic heterocycles. The lowest BCUT2D eigenvalue weighted by atomic mass is 10.1. The van der Waals surface area contributed by atoms with Crippen LogP contribution in [0.15, 0.2) is 30.6 Å². The Hall–Kier alpha value is -2.34. The predicted octanol–water partition coefficient (Wildman–Crippen LogP) is 3.23. The van der Waals surface area contributed by atoms with Crippen molar-refractivity contribution in [2.75, 3.05) is 5.32 Å². The third-order valence-corrected chi connectivity index (χ3v) is 4.40. The van der Waals surface area contributed by atoms with Crippen LogP contribution in [0.1, 0.15) is 42.1 Å². The highest BCUT2D eigenvalue weighted by molar-refractivity contribution is 6.31. The zero-order chi connectivity index (χ0) is 18.0. The Morgan fingerprint density at radius 3 is 2.76 bits per heavy atom. The van der Waals surface area contributed by atoms with Crippen molar-refractivity contribution in [2.24, 2.45) is 7.05 Å². The second-order valence-corrected chi connectivity index (χ2v) is 6.71. The van der Waals surface area contributed by atoms with Crippen molar-refractivity contribution in [3.63, 3.8) is 0 Å². The first-order chi connectivity index (χ1) is 12.0. The van der Waals surface area contributed by atoms with Gasteiger partial charge in [-0.1, -0.05) is 18.5 Å². The smallest absolute Gasteiger partial charge is 0.256 e. The SMILES string of the molecule is CCC(=O)Nc1cc(Cl)ccc1C(=O)N(Cc1cnn(C)c1)C1CC1. The van der Waals surface area contributed by atoms with E-state index in [4.69, 9.17) is 11.6 Å². The molecule has 1 aliphatic carbocycles. The molecular weight excluding hydrogens is 340 g/mol. The number of anilines is 1. The number of aryl methyl sites for hydroxylation is 1. The largest absolute Gasteiger partial charge is 0.331 e. The summed E-state index contributed by atoms with van der Waals surface area (Å²) in [6.07, 6.45) is 6.00. The molecule has 2 aromatic rings. The van der Waals surface area contributed by atoms with Crippen LogP contribution in [0.3, 0.4) is 0 Å². The Morgan fingerprint density at radius 1 is 1.40 bits per heavy atom. The van der Waals surface area contributed by atoms with E-state index in [1.165, 1.54) is 0 Å². The van der Waals surface area contributed by atoms with Crippen LogP contribution in [0.5, 0.6) is 0 Å². The average molecular weight is 361 g/mol. The highest BCUT2D eigenvalue weighted by Gasteiger charge is 2.34. The van der Waals surface area contributed by atoms with Crippen molar-refractivity contribution in [2.45, 2.75) is 38.8 Å². The van der Waals surface area contributed by atoms with Crippen molar-refractivity contribution >= 4 is 29.1 Å². The molecule has 1 aliphatic rings. The van der Waals surface area contributed by atoms with Crippen LogP contribution in [0.25, 0.3) is 0 Å². The maximum Gasteiger partial charge on any atom is 0.256 e. The third-order valence-electron chi connectivity index (χ3n) is 4.17. The number of amides is 2. The van der Waals surface area contributed by atoms with Gasteiger partial charge < -0.3 is 10.2 Å². The number of carbonyl (C=O) groups excluding carboxylic acids is 2. The fourth-order valence-corrected chi connectivity index (χ4v) is 2.87. The zero-order valence-corrected chi connectivity index (χ0v) is 15.1. The normalized spacial score (nSPS) is 13.6. The number of hydrogen-bond donors (Lipinski definition) is 1. The van der Waals surface area contributed by atoms with Crippen LogP contribution in [-0.4, -0.2) is 32.5 Å². The minimum absolute atomic E-state index is 0.102. The maximum atomic E-state index is 13.1. The number of nitrogens with one attached hydrogen (secondary N) is 1. The first-order valence-corrected chi connectivity index (χ1v) is 8.73. The molecule has 1 N–H and O–H groups in total. The molecule has 0 saturated heterocycles. The van der Waals surface area contributed by atoms with Crippen LogP contribution in [-0.2, 0) is 18.4 Å². The number of rotatable bonds is 6. The summed E-state index contributed by atoms with van der Waals surface area (Å²) in [4.78, 5) is 26.8. The molecule has 1 saturated carbocycles. The number of hydrogen-bond acceptors (Lipinski definition) is 3.